The van der Waals surface area contributed by atoms with Gasteiger partial charge in [0, 0.05) is 32.2 Å². The lowest BCUT2D eigenvalue weighted by Crippen LogP contribution is -2.45. The summed E-state index contributed by atoms with van der Waals surface area (Å²) < 4.78 is 51.9. The van der Waals surface area contributed by atoms with Gasteiger partial charge in [0.05, 0.1) is 18.1 Å². The Morgan fingerprint density at radius 2 is 1.78 bits per heavy atom. The van der Waals surface area contributed by atoms with Crippen molar-refractivity contribution in [3.05, 3.63) is 35.1 Å². The average Bonchev–Trinajstić information content (AvgIpc) is 2.44. The Bertz CT molecular complexity index is 540. The maximum atomic E-state index is 13.5. The SMILES string of the molecule is Cl.Cl.N#CC[C@@H](c1cc(F)cc(C(F)(F)F)c1)N1CCNCC1. The van der Waals surface area contributed by atoms with Gasteiger partial charge in [-0.05, 0) is 23.8 Å². The second kappa shape index (κ2) is 9.28. The molecule has 0 aliphatic carbocycles. The number of hydrogen-bond acceptors (Lipinski definition) is 3. The first-order valence-electron chi connectivity index (χ1n) is 6.61. The maximum Gasteiger partial charge on any atom is 0.416 e. The molecule has 2 rings (SSSR count). The van der Waals surface area contributed by atoms with E-state index in [0.29, 0.717) is 32.2 Å². The summed E-state index contributed by atoms with van der Waals surface area (Å²) in [4.78, 5) is 1.91. The van der Waals surface area contributed by atoms with Crippen LogP contribution in [0.2, 0.25) is 0 Å². The molecule has 1 aliphatic rings. The summed E-state index contributed by atoms with van der Waals surface area (Å²) in [7, 11) is 0. The van der Waals surface area contributed by atoms with E-state index in [0.717, 1.165) is 12.1 Å². The lowest BCUT2D eigenvalue weighted by atomic mass is 9.99. The third-order valence-electron chi connectivity index (χ3n) is 3.51. The lowest BCUT2D eigenvalue weighted by Gasteiger charge is -2.34. The van der Waals surface area contributed by atoms with Crippen molar-refractivity contribution in [1.82, 2.24) is 10.2 Å². The van der Waals surface area contributed by atoms with E-state index in [1.165, 1.54) is 0 Å². The van der Waals surface area contributed by atoms with Crippen LogP contribution in [0.3, 0.4) is 0 Å². The van der Waals surface area contributed by atoms with Crippen molar-refractivity contribution in [2.24, 2.45) is 0 Å². The molecule has 0 radical (unpaired) electrons. The summed E-state index contributed by atoms with van der Waals surface area (Å²) in [6.07, 6.45) is -4.57. The van der Waals surface area contributed by atoms with Gasteiger partial charge in [-0.3, -0.25) is 4.90 Å². The first-order valence-corrected chi connectivity index (χ1v) is 6.61. The van der Waals surface area contributed by atoms with Crippen LogP contribution < -0.4 is 5.32 Å². The van der Waals surface area contributed by atoms with Crippen LogP contribution >= 0.6 is 24.8 Å². The number of nitriles is 1. The number of rotatable bonds is 3. The molecule has 0 unspecified atom stereocenters. The standard InChI is InChI=1S/C14H15F4N3.2ClH/c15-12-8-10(7-11(9-12)14(16,17)18)13(1-2-19)21-5-3-20-4-6-21;;/h7-9,13,20H,1,3-6H2;2*1H/t13-;;/m0../s1. The molecule has 1 atom stereocenters. The predicted molar refractivity (Wildman–Crippen MR) is 83.3 cm³/mol. The van der Waals surface area contributed by atoms with E-state index >= 15 is 0 Å². The first kappa shape index (κ1) is 21.9. The lowest BCUT2D eigenvalue weighted by molar-refractivity contribution is -0.137. The van der Waals surface area contributed by atoms with Gasteiger partial charge in [0.15, 0.2) is 0 Å². The molecule has 0 bridgehead atoms. The van der Waals surface area contributed by atoms with Crippen molar-refractivity contribution in [2.45, 2.75) is 18.6 Å². The van der Waals surface area contributed by atoms with Crippen LogP contribution in [0.4, 0.5) is 17.6 Å². The molecule has 0 spiro atoms. The number of halogens is 6. The Morgan fingerprint density at radius 3 is 2.30 bits per heavy atom. The van der Waals surface area contributed by atoms with E-state index in [4.69, 9.17) is 5.26 Å². The number of nitrogens with zero attached hydrogens (tertiary/aromatic N) is 2. The number of alkyl halides is 3. The molecule has 23 heavy (non-hydrogen) atoms. The van der Waals surface area contributed by atoms with Crippen molar-refractivity contribution in [3.8, 4) is 6.07 Å². The molecule has 9 heteroatoms. The maximum absolute atomic E-state index is 13.5. The molecule has 1 aromatic carbocycles. The summed E-state index contributed by atoms with van der Waals surface area (Å²) >= 11 is 0. The van der Waals surface area contributed by atoms with Crippen molar-refractivity contribution in [2.75, 3.05) is 26.2 Å². The second-order valence-electron chi connectivity index (χ2n) is 4.94. The molecule has 0 aromatic heterocycles. The van der Waals surface area contributed by atoms with Gasteiger partial charge in [-0.1, -0.05) is 0 Å². The van der Waals surface area contributed by atoms with Crippen molar-refractivity contribution < 1.29 is 17.6 Å². The molecule has 1 heterocycles. The zero-order valence-electron chi connectivity index (χ0n) is 12.1. The number of hydrogen-bond donors (Lipinski definition) is 1. The molecule has 1 fully saturated rings. The highest BCUT2D eigenvalue weighted by molar-refractivity contribution is 5.85. The fourth-order valence-electron chi connectivity index (χ4n) is 2.51. The average molecular weight is 374 g/mol. The Labute approximate surface area is 144 Å². The summed E-state index contributed by atoms with van der Waals surface area (Å²) in [5.41, 5.74) is -0.818. The van der Waals surface area contributed by atoms with Gasteiger partial charge >= 0.3 is 6.18 Å². The topological polar surface area (TPSA) is 39.1 Å². The van der Waals surface area contributed by atoms with Gasteiger partial charge in [0.25, 0.3) is 0 Å². The Kier molecular flexibility index (Phi) is 8.85. The van der Waals surface area contributed by atoms with E-state index in [1.807, 2.05) is 11.0 Å². The number of piperazine rings is 1. The Morgan fingerprint density at radius 1 is 1.17 bits per heavy atom. The summed E-state index contributed by atoms with van der Waals surface area (Å²) in [6.45, 7) is 2.63. The van der Waals surface area contributed by atoms with Gasteiger partial charge < -0.3 is 5.32 Å². The first-order chi connectivity index (χ1) is 9.91. The van der Waals surface area contributed by atoms with Crippen LogP contribution in [0.1, 0.15) is 23.6 Å². The molecule has 130 valence electrons. The highest BCUT2D eigenvalue weighted by atomic mass is 35.5. The predicted octanol–water partition coefficient (Wildman–Crippen LogP) is 3.55. The van der Waals surface area contributed by atoms with Gasteiger partial charge in [-0.2, -0.15) is 18.4 Å². The number of nitrogens with one attached hydrogen (secondary N) is 1. The minimum absolute atomic E-state index is 0. The number of benzene rings is 1. The fraction of sp³-hybridized carbons (Fsp3) is 0.500. The zero-order valence-corrected chi connectivity index (χ0v) is 13.7. The third-order valence-corrected chi connectivity index (χ3v) is 3.51. The second-order valence-corrected chi connectivity index (χ2v) is 4.94. The molecule has 1 aromatic rings. The van der Waals surface area contributed by atoms with Gasteiger partial charge in [-0.15, -0.1) is 24.8 Å². The largest absolute Gasteiger partial charge is 0.416 e. The minimum atomic E-state index is -4.60. The van der Waals surface area contributed by atoms with Crippen LogP contribution in [-0.2, 0) is 6.18 Å². The van der Waals surface area contributed by atoms with Crippen molar-refractivity contribution in [3.63, 3.8) is 0 Å². The van der Waals surface area contributed by atoms with Gasteiger partial charge in [0.1, 0.15) is 5.82 Å². The van der Waals surface area contributed by atoms with Gasteiger partial charge in [0.2, 0.25) is 0 Å². The molecule has 1 saturated heterocycles. The summed E-state index contributed by atoms with van der Waals surface area (Å²) in [5.74, 6) is -0.933. The highest BCUT2D eigenvalue weighted by Gasteiger charge is 2.33. The quantitative estimate of drug-likeness (QED) is 0.823. The van der Waals surface area contributed by atoms with E-state index in [2.05, 4.69) is 5.32 Å². The highest BCUT2D eigenvalue weighted by Crippen LogP contribution is 2.33. The molecule has 1 aliphatic heterocycles. The van der Waals surface area contributed by atoms with Crippen LogP contribution in [0.5, 0.6) is 0 Å². The van der Waals surface area contributed by atoms with E-state index in [9.17, 15) is 17.6 Å². The van der Waals surface area contributed by atoms with E-state index in [1.54, 1.807) is 0 Å². The molecule has 0 amide bonds. The molecule has 1 N–H and O–H groups in total. The minimum Gasteiger partial charge on any atom is -0.314 e. The Balaban J connectivity index is 0.00000242. The molecular weight excluding hydrogens is 357 g/mol. The van der Waals surface area contributed by atoms with Crippen molar-refractivity contribution >= 4 is 24.8 Å². The Hall–Kier alpha value is -1.07. The van der Waals surface area contributed by atoms with Crippen LogP contribution in [0, 0.1) is 17.1 Å². The zero-order chi connectivity index (χ0) is 15.5. The summed E-state index contributed by atoms with van der Waals surface area (Å²) in [5, 5.41) is 12.1. The van der Waals surface area contributed by atoms with Crippen LogP contribution in [-0.4, -0.2) is 31.1 Å². The summed E-state index contributed by atoms with van der Waals surface area (Å²) in [6, 6.07) is 3.95. The smallest absolute Gasteiger partial charge is 0.314 e. The molecule has 0 saturated carbocycles. The molecular formula is C14H17Cl2F4N3. The van der Waals surface area contributed by atoms with Crippen LogP contribution in [0.15, 0.2) is 18.2 Å². The van der Waals surface area contributed by atoms with Gasteiger partial charge in [-0.25, -0.2) is 4.39 Å². The molecule has 3 nitrogen and oxygen atoms in total. The van der Waals surface area contributed by atoms with E-state index < -0.39 is 23.6 Å². The third kappa shape index (κ3) is 5.81. The van der Waals surface area contributed by atoms with E-state index in [-0.39, 0.29) is 36.8 Å². The fourth-order valence-corrected chi connectivity index (χ4v) is 2.51. The van der Waals surface area contributed by atoms with Crippen LogP contribution in [0.25, 0.3) is 0 Å². The normalized spacial score (nSPS) is 16.7. The van der Waals surface area contributed by atoms with Crippen molar-refractivity contribution in [1.29, 1.82) is 5.26 Å². The monoisotopic (exact) mass is 373 g/mol.